The minimum absolute atomic E-state index is 0.997. The number of aromatic nitrogens is 2. The molecule has 0 saturated heterocycles. The van der Waals surface area contributed by atoms with Crippen LogP contribution in [0.3, 0.4) is 0 Å². The Bertz CT molecular complexity index is 496. The highest BCUT2D eigenvalue weighted by Crippen LogP contribution is 2.20. The van der Waals surface area contributed by atoms with Crippen LogP contribution in [-0.4, -0.2) is 9.38 Å². The van der Waals surface area contributed by atoms with Crippen molar-refractivity contribution in [3.63, 3.8) is 0 Å². The van der Waals surface area contributed by atoms with Crippen LogP contribution in [0.2, 0.25) is 0 Å². The van der Waals surface area contributed by atoms with Crippen molar-refractivity contribution in [3.8, 4) is 0 Å². The summed E-state index contributed by atoms with van der Waals surface area (Å²) in [6, 6.07) is 6.06. The Morgan fingerprint density at radius 3 is 3.00 bits per heavy atom. The van der Waals surface area contributed by atoms with Gasteiger partial charge in [0.2, 0.25) is 0 Å². The number of pyridine rings is 1. The molecule has 2 aromatic heterocycles. The fraction of sp³-hybridized carbons (Fsp3) is 0.400. The summed E-state index contributed by atoms with van der Waals surface area (Å²) in [7, 11) is 0. The molecule has 0 aliphatic rings. The molecule has 0 spiro atoms. The Labute approximate surface area is 103 Å². The number of hydrogen-bond acceptors (Lipinski definition) is 1. The molecule has 0 amide bonds. The van der Waals surface area contributed by atoms with E-state index in [1.165, 1.54) is 31.3 Å². The molecule has 0 atom stereocenters. The van der Waals surface area contributed by atoms with E-state index in [0.717, 1.165) is 17.8 Å². The van der Waals surface area contributed by atoms with Gasteiger partial charge in [0, 0.05) is 6.20 Å². The topological polar surface area (TPSA) is 17.3 Å². The Balaban J connectivity index is 2.04. The zero-order valence-electron chi connectivity index (χ0n) is 10.5. The molecule has 2 nitrogen and oxygen atoms in total. The summed E-state index contributed by atoms with van der Waals surface area (Å²) in [6.07, 6.45) is 10.2. The minimum Gasteiger partial charge on any atom is -0.300 e. The van der Waals surface area contributed by atoms with E-state index in [1.807, 2.05) is 24.4 Å². The summed E-state index contributed by atoms with van der Waals surface area (Å²) in [5.74, 6) is 0. The maximum atomic E-state index is 4.39. The highest BCUT2D eigenvalue weighted by atomic mass is 15.0. The summed E-state index contributed by atoms with van der Waals surface area (Å²) in [5, 5.41) is 0. The predicted molar refractivity (Wildman–Crippen MR) is 73.0 cm³/mol. The number of imidazole rings is 1. The average molecular weight is 228 g/mol. The van der Waals surface area contributed by atoms with Crippen LogP contribution in [0.15, 0.2) is 37.2 Å². The molecule has 0 saturated carbocycles. The lowest BCUT2D eigenvalue weighted by Gasteiger charge is -2.05. The van der Waals surface area contributed by atoms with Crippen LogP contribution < -0.4 is 0 Å². The molecule has 0 aromatic carbocycles. The number of fused-ring (bicyclic) bond motifs is 1. The standard InChI is InChI=1S/C15H20N2/c1-3-4-5-6-9-13(2)14-12-16-15-10-7-8-11-17(14)15/h7-8,10-12H,2-6,9H2,1H3. The largest absolute Gasteiger partial charge is 0.300 e. The first-order chi connectivity index (χ1) is 8.33. The second-order valence-electron chi connectivity index (χ2n) is 4.49. The maximum Gasteiger partial charge on any atom is 0.137 e. The first-order valence-electron chi connectivity index (χ1n) is 6.43. The van der Waals surface area contributed by atoms with E-state index in [4.69, 9.17) is 0 Å². The Kier molecular flexibility index (Phi) is 3.97. The molecule has 0 unspecified atom stereocenters. The number of nitrogens with zero attached hydrogens (tertiary/aromatic N) is 2. The van der Waals surface area contributed by atoms with Crippen LogP contribution in [0.25, 0.3) is 11.2 Å². The van der Waals surface area contributed by atoms with Gasteiger partial charge >= 0.3 is 0 Å². The number of hydrogen-bond donors (Lipinski definition) is 0. The molecule has 0 aliphatic heterocycles. The van der Waals surface area contributed by atoms with Gasteiger partial charge in [0.1, 0.15) is 5.65 Å². The van der Waals surface area contributed by atoms with Crippen LogP contribution >= 0.6 is 0 Å². The fourth-order valence-electron chi connectivity index (χ4n) is 2.09. The summed E-state index contributed by atoms with van der Waals surface area (Å²) < 4.78 is 2.11. The van der Waals surface area contributed by atoms with Gasteiger partial charge in [-0.1, -0.05) is 38.8 Å². The molecule has 2 aromatic rings. The SMILES string of the molecule is C=C(CCCCCC)c1cnc2ccccn12. The van der Waals surface area contributed by atoms with E-state index < -0.39 is 0 Å². The maximum absolute atomic E-state index is 4.39. The fourth-order valence-corrected chi connectivity index (χ4v) is 2.09. The Hall–Kier alpha value is -1.57. The number of rotatable bonds is 6. The molecular formula is C15H20N2. The van der Waals surface area contributed by atoms with Gasteiger partial charge < -0.3 is 4.40 Å². The van der Waals surface area contributed by atoms with Gasteiger partial charge in [0.05, 0.1) is 11.9 Å². The molecule has 0 bridgehead atoms. The lowest BCUT2D eigenvalue weighted by molar-refractivity contribution is 0.678. The van der Waals surface area contributed by atoms with Crippen molar-refractivity contribution < 1.29 is 0 Å². The van der Waals surface area contributed by atoms with Gasteiger partial charge in [-0.2, -0.15) is 0 Å². The van der Waals surface area contributed by atoms with Crippen molar-refractivity contribution >= 4 is 11.2 Å². The van der Waals surface area contributed by atoms with E-state index in [9.17, 15) is 0 Å². The molecular weight excluding hydrogens is 208 g/mol. The van der Waals surface area contributed by atoms with Crippen LogP contribution in [0.4, 0.5) is 0 Å². The second-order valence-corrected chi connectivity index (χ2v) is 4.49. The predicted octanol–water partition coefficient (Wildman–Crippen LogP) is 4.32. The summed E-state index contributed by atoms with van der Waals surface area (Å²) in [6.45, 7) is 6.42. The van der Waals surface area contributed by atoms with Gasteiger partial charge in [-0.05, 0) is 30.5 Å². The molecule has 2 heteroatoms. The van der Waals surface area contributed by atoms with Crippen molar-refractivity contribution in [1.29, 1.82) is 0 Å². The van der Waals surface area contributed by atoms with Crippen molar-refractivity contribution in [1.82, 2.24) is 9.38 Å². The zero-order chi connectivity index (χ0) is 12.1. The number of allylic oxidation sites excluding steroid dienone is 1. The normalized spacial score (nSPS) is 10.9. The molecule has 0 aliphatic carbocycles. The molecule has 2 rings (SSSR count). The van der Waals surface area contributed by atoms with Crippen LogP contribution in [0.1, 0.15) is 44.7 Å². The average Bonchev–Trinajstić information content (AvgIpc) is 2.78. The molecule has 0 fully saturated rings. The van der Waals surface area contributed by atoms with Crippen molar-refractivity contribution in [3.05, 3.63) is 42.9 Å². The van der Waals surface area contributed by atoms with E-state index in [-0.39, 0.29) is 0 Å². The third-order valence-corrected chi connectivity index (χ3v) is 3.11. The minimum atomic E-state index is 0.997. The lowest BCUT2D eigenvalue weighted by Crippen LogP contribution is -1.91. The Morgan fingerprint density at radius 2 is 2.18 bits per heavy atom. The van der Waals surface area contributed by atoms with E-state index >= 15 is 0 Å². The molecule has 90 valence electrons. The van der Waals surface area contributed by atoms with Gasteiger partial charge in [0.15, 0.2) is 0 Å². The van der Waals surface area contributed by atoms with Gasteiger partial charge in [-0.3, -0.25) is 0 Å². The van der Waals surface area contributed by atoms with Crippen molar-refractivity contribution in [2.24, 2.45) is 0 Å². The second kappa shape index (κ2) is 5.67. The van der Waals surface area contributed by atoms with Crippen molar-refractivity contribution in [2.45, 2.75) is 39.0 Å². The highest BCUT2D eigenvalue weighted by molar-refractivity contribution is 5.63. The molecule has 2 heterocycles. The summed E-state index contributed by atoms with van der Waals surface area (Å²) >= 11 is 0. The zero-order valence-corrected chi connectivity index (χ0v) is 10.5. The Morgan fingerprint density at radius 1 is 1.29 bits per heavy atom. The summed E-state index contributed by atoms with van der Waals surface area (Å²) in [5.41, 5.74) is 3.34. The van der Waals surface area contributed by atoms with Crippen molar-refractivity contribution in [2.75, 3.05) is 0 Å². The monoisotopic (exact) mass is 228 g/mol. The molecule has 17 heavy (non-hydrogen) atoms. The van der Waals surface area contributed by atoms with Gasteiger partial charge in [-0.25, -0.2) is 4.98 Å². The first kappa shape index (κ1) is 11.9. The lowest BCUT2D eigenvalue weighted by atomic mass is 10.1. The van der Waals surface area contributed by atoms with Crippen LogP contribution in [0.5, 0.6) is 0 Å². The quantitative estimate of drug-likeness (QED) is 0.673. The van der Waals surface area contributed by atoms with E-state index in [2.05, 4.69) is 29.1 Å². The van der Waals surface area contributed by atoms with Gasteiger partial charge in [0.25, 0.3) is 0 Å². The first-order valence-corrected chi connectivity index (χ1v) is 6.43. The van der Waals surface area contributed by atoms with Crippen LogP contribution in [-0.2, 0) is 0 Å². The number of unbranched alkanes of at least 4 members (excludes halogenated alkanes) is 3. The summed E-state index contributed by atoms with van der Waals surface area (Å²) in [4.78, 5) is 4.39. The van der Waals surface area contributed by atoms with E-state index in [1.54, 1.807) is 0 Å². The molecule has 0 radical (unpaired) electrons. The third kappa shape index (κ3) is 2.76. The third-order valence-electron chi connectivity index (χ3n) is 3.11. The van der Waals surface area contributed by atoms with Gasteiger partial charge in [-0.15, -0.1) is 0 Å². The van der Waals surface area contributed by atoms with Crippen LogP contribution in [0, 0.1) is 0 Å². The molecule has 0 N–H and O–H groups in total. The highest BCUT2D eigenvalue weighted by Gasteiger charge is 2.05. The van der Waals surface area contributed by atoms with E-state index in [0.29, 0.717) is 0 Å². The smallest absolute Gasteiger partial charge is 0.137 e.